The van der Waals surface area contributed by atoms with Crippen molar-refractivity contribution >= 4 is 17.3 Å². The molecule has 1 aromatic carbocycles. The molecule has 1 saturated carbocycles. The van der Waals surface area contributed by atoms with Crippen LogP contribution in [-0.2, 0) is 6.42 Å². The minimum absolute atomic E-state index is 0.555. The highest BCUT2D eigenvalue weighted by molar-refractivity contribution is 7.80. The lowest BCUT2D eigenvalue weighted by molar-refractivity contribution is 0.354. The summed E-state index contributed by atoms with van der Waals surface area (Å²) in [5.74, 6) is 1.54. The van der Waals surface area contributed by atoms with E-state index in [-0.39, 0.29) is 0 Å². The summed E-state index contributed by atoms with van der Waals surface area (Å²) in [6, 6.07) is 6.61. The van der Waals surface area contributed by atoms with Gasteiger partial charge in [-0.15, -0.1) is 0 Å². The Hall–Kier alpha value is -1.49. The fourth-order valence-corrected chi connectivity index (χ4v) is 3.22. The molecule has 2 rings (SSSR count). The summed E-state index contributed by atoms with van der Waals surface area (Å²) in [6.45, 7) is 0.883. The van der Waals surface area contributed by atoms with Gasteiger partial charge in [0.15, 0.2) is 16.6 Å². The van der Waals surface area contributed by atoms with Crippen LogP contribution in [0.25, 0.3) is 0 Å². The van der Waals surface area contributed by atoms with Gasteiger partial charge < -0.3 is 19.7 Å². The van der Waals surface area contributed by atoms with Gasteiger partial charge in [0.05, 0.1) is 14.2 Å². The number of ether oxygens (including phenoxy) is 2. The molecule has 5 heteroatoms. The molecule has 128 valence electrons. The molecule has 1 aliphatic carbocycles. The van der Waals surface area contributed by atoms with E-state index in [4.69, 9.17) is 21.7 Å². The first-order valence-corrected chi connectivity index (χ1v) is 8.77. The number of hydrogen-bond donors (Lipinski definition) is 1. The van der Waals surface area contributed by atoms with E-state index in [1.807, 2.05) is 12.1 Å². The van der Waals surface area contributed by atoms with Gasteiger partial charge in [-0.3, -0.25) is 0 Å². The number of likely N-dealkylation sites (N-methyl/N-ethyl adjacent to an activating group) is 1. The van der Waals surface area contributed by atoms with Crippen molar-refractivity contribution < 1.29 is 9.47 Å². The number of nitrogens with zero attached hydrogens (tertiary/aromatic N) is 1. The van der Waals surface area contributed by atoms with Crippen molar-refractivity contribution in [2.24, 2.45) is 0 Å². The van der Waals surface area contributed by atoms with Crippen molar-refractivity contribution in [2.75, 3.05) is 27.8 Å². The first-order chi connectivity index (χ1) is 11.1. The van der Waals surface area contributed by atoms with Gasteiger partial charge in [0, 0.05) is 19.6 Å². The zero-order valence-corrected chi connectivity index (χ0v) is 15.2. The highest BCUT2D eigenvalue weighted by Crippen LogP contribution is 2.27. The molecule has 23 heavy (non-hydrogen) atoms. The molecule has 1 N–H and O–H groups in total. The van der Waals surface area contributed by atoms with Crippen LogP contribution < -0.4 is 14.8 Å². The maximum absolute atomic E-state index is 5.53. The second kappa shape index (κ2) is 8.96. The van der Waals surface area contributed by atoms with E-state index < -0.39 is 0 Å². The van der Waals surface area contributed by atoms with Crippen LogP contribution in [0.1, 0.15) is 37.7 Å². The van der Waals surface area contributed by atoms with Crippen molar-refractivity contribution in [3.8, 4) is 11.5 Å². The number of nitrogens with one attached hydrogen (secondary N) is 1. The van der Waals surface area contributed by atoms with E-state index in [1.54, 1.807) is 14.2 Å². The topological polar surface area (TPSA) is 33.7 Å². The molecule has 0 aliphatic heterocycles. The second-order valence-electron chi connectivity index (χ2n) is 6.15. The Labute approximate surface area is 145 Å². The van der Waals surface area contributed by atoms with E-state index in [2.05, 4.69) is 23.3 Å². The summed E-state index contributed by atoms with van der Waals surface area (Å²) >= 11 is 5.53. The molecule has 1 aromatic rings. The van der Waals surface area contributed by atoms with Crippen molar-refractivity contribution in [3.63, 3.8) is 0 Å². The molecule has 0 amide bonds. The third-order valence-electron chi connectivity index (χ3n) is 4.46. The van der Waals surface area contributed by atoms with E-state index >= 15 is 0 Å². The third-order valence-corrected chi connectivity index (χ3v) is 4.89. The SMILES string of the molecule is COc1ccc(CCN(C)C(=S)NC2CCCCC2)cc1OC. The Morgan fingerprint density at radius 3 is 2.52 bits per heavy atom. The highest BCUT2D eigenvalue weighted by atomic mass is 32.1. The molecule has 0 atom stereocenters. The minimum atomic E-state index is 0.555. The molecule has 1 fully saturated rings. The van der Waals surface area contributed by atoms with Crippen LogP contribution in [0.2, 0.25) is 0 Å². The highest BCUT2D eigenvalue weighted by Gasteiger charge is 2.15. The molecule has 1 aliphatic rings. The van der Waals surface area contributed by atoms with Gasteiger partial charge in [0.1, 0.15) is 0 Å². The van der Waals surface area contributed by atoms with Crippen LogP contribution in [0.5, 0.6) is 11.5 Å². The van der Waals surface area contributed by atoms with E-state index in [9.17, 15) is 0 Å². The molecule has 0 radical (unpaired) electrons. The summed E-state index contributed by atoms with van der Waals surface area (Å²) in [6.07, 6.45) is 7.39. The lowest BCUT2D eigenvalue weighted by Gasteiger charge is -2.28. The Bertz CT molecular complexity index is 516. The summed E-state index contributed by atoms with van der Waals surface area (Å²) < 4.78 is 10.6. The first kappa shape index (κ1) is 17.9. The van der Waals surface area contributed by atoms with E-state index in [1.165, 1.54) is 37.7 Å². The largest absolute Gasteiger partial charge is 0.493 e. The van der Waals surface area contributed by atoms with Gasteiger partial charge >= 0.3 is 0 Å². The van der Waals surface area contributed by atoms with Crippen LogP contribution in [0.4, 0.5) is 0 Å². The summed E-state index contributed by atoms with van der Waals surface area (Å²) in [4.78, 5) is 2.13. The fourth-order valence-electron chi connectivity index (χ4n) is 2.97. The normalized spacial score (nSPS) is 15.1. The van der Waals surface area contributed by atoms with Gasteiger partial charge in [-0.1, -0.05) is 25.3 Å². The van der Waals surface area contributed by atoms with Crippen molar-refractivity contribution in [2.45, 2.75) is 44.6 Å². The number of thiocarbonyl (C=S) groups is 1. The minimum Gasteiger partial charge on any atom is -0.493 e. The monoisotopic (exact) mass is 336 g/mol. The molecule has 0 aromatic heterocycles. The maximum atomic E-state index is 5.53. The van der Waals surface area contributed by atoms with Crippen LogP contribution in [0.15, 0.2) is 18.2 Å². The van der Waals surface area contributed by atoms with Crippen LogP contribution in [0.3, 0.4) is 0 Å². The molecule has 0 saturated heterocycles. The quantitative estimate of drug-likeness (QED) is 0.806. The fraction of sp³-hybridized carbons (Fsp3) is 0.611. The number of hydrogen-bond acceptors (Lipinski definition) is 3. The zero-order chi connectivity index (χ0) is 16.7. The predicted octanol–water partition coefficient (Wildman–Crippen LogP) is 3.39. The third kappa shape index (κ3) is 5.27. The second-order valence-corrected chi connectivity index (χ2v) is 6.53. The Morgan fingerprint density at radius 2 is 1.87 bits per heavy atom. The van der Waals surface area contributed by atoms with Crippen LogP contribution in [-0.4, -0.2) is 43.9 Å². The Kier molecular flexibility index (Phi) is 6.96. The number of benzene rings is 1. The lowest BCUT2D eigenvalue weighted by Crippen LogP contribution is -2.44. The standard InChI is InChI=1S/C18H28N2O2S/c1-20(18(23)19-15-7-5-4-6-8-15)12-11-14-9-10-16(21-2)17(13-14)22-3/h9-10,13,15H,4-8,11-12H2,1-3H3,(H,19,23). The average Bonchev–Trinajstić information content (AvgIpc) is 2.60. The van der Waals surface area contributed by atoms with Crippen LogP contribution >= 0.6 is 12.2 Å². The molecule has 0 unspecified atom stereocenters. The Morgan fingerprint density at radius 1 is 1.17 bits per heavy atom. The smallest absolute Gasteiger partial charge is 0.168 e. The molecular weight excluding hydrogens is 308 g/mol. The maximum Gasteiger partial charge on any atom is 0.168 e. The van der Waals surface area contributed by atoms with Crippen molar-refractivity contribution in [1.82, 2.24) is 10.2 Å². The lowest BCUT2D eigenvalue weighted by atomic mass is 9.96. The summed E-state index contributed by atoms with van der Waals surface area (Å²) in [5, 5.41) is 4.37. The predicted molar refractivity (Wildman–Crippen MR) is 98.5 cm³/mol. The van der Waals surface area contributed by atoms with Gasteiger partial charge in [0.2, 0.25) is 0 Å². The number of rotatable bonds is 6. The van der Waals surface area contributed by atoms with Gasteiger partial charge in [0.25, 0.3) is 0 Å². The van der Waals surface area contributed by atoms with Gasteiger partial charge in [-0.25, -0.2) is 0 Å². The van der Waals surface area contributed by atoms with Gasteiger partial charge in [-0.2, -0.15) is 0 Å². The van der Waals surface area contributed by atoms with E-state index in [0.29, 0.717) is 6.04 Å². The molecule has 0 bridgehead atoms. The molecular formula is C18H28N2O2S. The summed E-state index contributed by atoms with van der Waals surface area (Å²) in [7, 11) is 5.37. The molecule has 4 nitrogen and oxygen atoms in total. The molecule has 0 heterocycles. The first-order valence-electron chi connectivity index (χ1n) is 8.36. The van der Waals surface area contributed by atoms with Crippen molar-refractivity contribution in [3.05, 3.63) is 23.8 Å². The van der Waals surface area contributed by atoms with Crippen molar-refractivity contribution in [1.29, 1.82) is 0 Å². The molecule has 0 spiro atoms. The summed E-state index contributed by atoms with van der Waals surface area (Å²) in [5.41, 5.74) is 1.22. The van der Waals surface area contributed by atoms with Gasteiger partial charge in [-0.05, 0) is 49.2 Å². The zero-order valence-electron chi connectivity index (χ0n) is 14.4. The van der Waals surface area contributed by atoms with Crippen LogP contribution in [0, 0.1) is 0 Å². The van der Waals surface area contributed by atoms with E-state index in [0.717, 1.165) is 29.6 Å². The Balaban J connectivity index is 1.83. The number of methoxy groups -OCH3 is 2. The average molecular weight is 337 g/mol.